The van der Waals surface area contributed by atoms with E-state index >= 15 is 0 Å². The maximum absolute atomic E-state index is 12.1. The number of anilines is 1. The van der Waals surface area contributed by atoms with Gasteiger partial charge in [-0.1, -0.05) is 23.2 Å². The number of nitrogens with one attached hydrogen (secondary N) is 1. The molecule has 9 heteroatoms. The van der Waals surface area contributed by atoms with Crippen LogP contribution in [-0.2, 0) is 11.3 Å². The number of amides is 1. The molecular weight excluding hydrogens is 449 g/mol. The highest BCUT2D eigenvalue weighted by molar-refractivity contribution is 9.10. The topological polar surface area (TPSA) is 64.0 Å². The fraction of sp³-hybridized carbons (Fsp3) is 0.0625. The number of carbonyl (C=O) groups excluding carboxylic acids is 1. The van der Waals surface area contributed by atoms with Crippen molar-refractivity contribution in [3.63, 3.8) is 0 Å². The van der Waals surface area contributed by atoms with Crippen LogP contribution in [0.5, 0.6) is 0 Å². The number of pyridine rings is 1. The summed E-state index contributed by atoms with van der Waals surface area (Å²) < 4.78 is 2.02. The van der Waals surface area contributed by atoms with Crippen LogP contribution in [0.25, 0.3) is 11.3 Å². The second-order valence-corrected chi connectivity index (χ2v) is 7.64. The predicted octanol–water partition coefficient (Wildman–Crippen LogP) is 4.68. The number of aromatic nitrogens is 2. The number of halogens is 3. The predicted molar refractivity (Wildman–Crippen MR) is 105 cm³/mol. The van der Waals surface area contributed by atoms with Crippen LogP contribution < -0.4 is 10.9 Å². The van der Waals surface area contributed by atoms with Gasteiger partial charge in [-0.15, -0.1) is 11.3 Å². The molecule has 0 aliphatic carbocycles. The van der Waals surface area contributed by atoms with Crippen LogP contribution in [0, 0.1) is 0 Å². The van der Waals surface area contributed by atoms with Gasteiger partial charge in [-0.2, -0.15) is 0 Å². The summed E-state index contributed by atoms with van der Waals surface area (Å²) in [5.74, 6) is -0.349. The normalized spacial score (nSPS) is 10.7. The molecule has 0 fully saturated rings. The Hall–Kier alpha value is -1.67. The molecule has 0 saturated carbocycles. The molecule has 128 valence electrons. The van der Waals surface area contributed by atoms with Crippen LogP contribution in [-0.4, -0.2) is 15.5 Å². The van der Waals surface area contributed by atoms with Crippen LogP contribution in [0.2, 0.25) is 10.0 Å². The van der Waals surface area contributed by atoms with E-state index in [4.69, 9.17) is 23.2 Å². The zero-order chi connectivity index (χ0) is 18.0. The van der Waals surface area contributed by atoms with Crippen LogP contribution in [0.1, 0.15) is 0 Å². The van der Waals surface area contributed by atoms with Crippen molar-refractivity contribution in [2.75, 3.05) is 5.32 Å². The number of rotatable bonds is 4. The molecule has 0 atom stereocenters. The third kappa shape index (κ3) is 4.49. The lowest BCUT2D eigenvalue weighted by Gasteiger charge is -2.05. The SMILES string of the molecule is O=C(Cn1cc(Br)ccc1=O)Nc1nc(-c2cc(Cl)ccc2Cl)cs1. The van der Waals surface area contributed by atoms with Crippen molar-refractivity contribution in [1.82, 2.24) is 9.55 Å². The summed E-state index contributed by atoms with van der Waals surface area (Å²) in [5, 5.41) is 5.94. The molecule has 25 heavy (non-hydrogen) atoms. The first-order chi connectivity index (χ1) is 11.9. The van der Waals surface area contributed by atoms with Gasteiger partial charge >= 0.3 is 0 Å². The van der Waals surface area contributed by atoms with Gasteiger partial charge in [0.05, 0.1) is 10.7 Å². The molecule has 2 aromatic heterocycles. The first-order valence-electron chi connectivity index (χ1n) is 6.99. The highest BCUT2D eigenvalue weighted by Crippen LogP contribution is 2.32. The Bertz CT molecular complexity index is 1000. The van der Waals surface area contributed by atoms with E-state index in [0.717, 1.165) is 0 Å². The third-order valence-electron chi connectivity index (χ3n) is 3.22. The first-order valence-corrected chi connectivity index (χ1v) is 9.42. The largest absolute Gasteiger partial charge is 0.305 e. The Balaban J connectivity index is 1.75. The molecule has 1 aromatic carbocycles. The van der Waals surface area contributed by atoms with Crippen LogP contribution in [0.3, 0.4) is 0 Å². The maximum atomic E-state index is 12.1. The molecule has 0 unspecified atom stereocenters. The van der Waals surface area contributed by atoms with E-state index in [1.807, 2.05) is 0 Å². The number of nitrogens with zero attached hydrogens (tertiary/aromatic N) is 2. The summed E-state index contributed by atoms with van der Waals surface area (Å²) in [5.41, 5.74) is 1.05. The van der Waals surface area contributed by atoms with E-state index in [1.54, 1.807) is 35.8 Å². The Morgan fingerprint density at radius 2 is 2.08 bits per heavy atom. The van der Waals surface area contributed by atoms with E-state index in [2.05, 4.69) is 26.2 Å². The van der Waals surface area contributed by atoms with E-state index < -0.39 is 0 Å². The molecule has 5 nitrogen and oxygen atoms in total. The number of hydrogen-bond acceptors (Lipinski definition) is 4. The molecule has 0 saturated heterocycles. The summed E-state index contributed by atoms with van der Waals surface area (Å²) >= 11 is 16.7. The van der Waals surface area contributed by atoms with Crippen molar-refractivity contribution in [2.45, 2.75) is 6.54 Å². The molecule has 0 radical (unpaired) electrons. The van der Waals surface area contributed by atoms with E-state index in [0.29, 0.717) is 30.9 Å². The molecule has 3 aromatic rings. The molecular formula is C16H10BrCl2N3O2S. The minimum atomic E-state index is -0.349. The molecule has 0 aliphatic heterocycles. The zero-order valence-electron chi connectivity index (χ0n) is 12.5. The second kappa shape index (κ2) is 7.70. The minimum absolute atomic E-state index is 0.106. The fourth-order valence-corrected chi connectivity index (χ4v) is 3.58. The molecule has 1 N–H and O–H groups in total. The van der Waals surface area contributed by atoms with Gasteiger partial charge in [0, 0.05) is 32.7 Å². The van der Waals surface area contributed by atoms with Gasteiger partial charge in [0.15, 0.2) is 5.13 Å². The Morgan fingerprint density at radius 3 is 2.88 bits per heavy atom. The van der Waals surface area contributed by atoms with Gasteiger partial charge in [-0.3, -0.25) is 9.59 Å². The lowest BCUT2D eigenvalue weighted by molar-refractivity contribution is -0.116. The number of carbonyl (C=O) groups is 1. The minimum Gasteiger partial charge on any atom is -0.305 e. The Labute approximate surface area is 165 Å². The first kappa shape index (κ1) is 18.1. The molecule has 3 rings (SSSR count). The second-order valence-electron chi connectivity index (χ2n) is 5.02. The molecule has 0 spiro atoms. The van der Waals surface area contributed by atoms with Crippen molar-refractivity contribution in [2.24, 2.45) is 0 Å². The lowest BCUT2D eigenvalue weighted by atomic mass is 10.2. The average Bonchev–Trinajstić information content (AvgIpc) is 3.01. The summed E-state index contributed by atoms with van der Waals surface area (Å²) in [7, 11) is 0. The van der Waals surface area contributed by atoms with E-state index in [-0.39, 0.29) is 18.0 Å². The van der Waals surface area contributed by atoms with Crippen LogP contribution in [0.15, 0.2) is 51.2 Å². The van der Waals surface area contributed by atoms with E-state index in [9.17, 15) is 9.59 Å². The van der Waals surface area contributed by atoms with Crippen molar-refractivity contribution in [3.8, 4) is 11.3 Å². The summed E-state index contributed by atoms with van der Waals surface area (Å²) in [6, 6.07) is 8.11. The number of benzene rings is 1. The fourth-order valence-electron chi connectivity index (χ4n) is 2.09. The van der Waals surface area contributed by atoms with Gasteiger partial charge in [0.25, 0.3) is 5.56 Å². The highest BCUT2D eigenvalue weighted by Gasteiger charge is 2.12. The van der Waals surface area contributed by atoms with Crippen molar-refractivity contribution < 1.29 is 4.79 Å². The number of thiazole rings is 1. The third-order valence-corrected chi connectivity index (χ3v) is 5.01. The summed E-state index contributed by atoms with van der Waals surface area (Å²) in [6.45, 7) is -0.106. The van der Waals surface area contributed by atoms with Gasteiger partial charge < -0.3 is 9.88 Å². The van der Waals surface area contributed by atoms with Gasteiger partial charge in [-0.25, -0.2) is 4.98 Å². The van der Waals surface area contributed by atoms with Crippen molar-refractivity contribution in [3.05, 3.63) is 66.8 Å². The molecule has 1 amide bonds. The van der Waals surface area contributed by atoms with Gasteiger partial charge in [-0.05, 0) is 40.2 Å². The van der Waals surface area contributed by atoms with E-state index in [1.165, 1.54) is 22.0 Å². The summed E-state index contributed by atoms with van der Waals surface area (Å²) in [4.78, 5) is 28.2. The van der Waals surface area contributed by atoms with Gasteiger partial charge in [0.1, 0.15) is 6.54 Å². The van der Waals surface area contributed by atoms with Crippen LogP contribution in [0.4, 0.5) is 5.13 Å². The quantitative estimate of drug-likeness (QED) is 0.617. The smallest absolute Gasteiger partial charge is 0.251 e. The number of hydrogen-bond donors (Lipinski definition) is 1. The van der Waals surface area contributed by atoms with Crippen molar-refractivity contribution in [1.29, 1.82) is 0 Å². The Morgan fingerprint density at radius 1 is 1.28 bits per heavy atom. The molecule has 0 bridgehead atoms. The maximum Gasteiger partial charge on any atom is 0.251 e. The molecule has 0 aliphatic rings. The molecule has 2 heterocycles. The standard InChI is InChI=1S/C16H10BrCl2N3O2S/c17-9-1-4-15(24)22(6-9)7-14(23)21-16-20-13(8-25-16)11-5-10(18)2-3-12(11)19/h1-6,8H,7H2,(H,20,21,23). The monoisotopic (exact) mass is 457 g/mol. The highest BCUT2D eigenvalue weighted by atomic mass is 79.9. The lowest BCUT2D eigenvalue weighted by Crippen LogP contribution is -2.26. The van der Waals surface area contributed by atoms with Gasteiger partial charge in [0.2, 0.25) is 5.91 Å². The summed E-state index contributed by atoms with van der Waals surface area (Å²) in [6.07, 6.45) is 1.56. The zero-order valence-corrected chi connectivity index (χ0v) is 16.4. The Kier molecular flexibility index (Phi) is 5.58. The van der Waals surface area contributed by atoms with Crippen molar-refractivity contribution >= 4 is 61.5 Å². The average molecular weight is 459 g/mol. The van der Waals surface area contributed by atoms with Crippen LogP contribution >= 0.6 is 50.5 Å².